The molecule has 1 heterocycles. The molecule has 1 aromatic rings. The number of rotatable bonds is 2. The van der Waals surface area contributed by atoms with Crippen LogP contribution in [0.4, 0.5) is 5.95 Å². The van der Waals surface area contributed by atoms with Crippen molar-refractivity contribution in [3.05, 3.63) is 11.4 Å². The molecule has 0 saturated heterocycles. The average Bonchev–Trinajstić information content (AvgIpc) is 2.67. The zero-order valence-corrected chi connectivity index (χ0v) is 12.3. The van der Waals surface area contributed by atoms with E-state index < -0.39 is 0 Å². The third kappa shape index (κ3) is 1.53. The second kappa shape index (κ2) is 3.74. The van der Waals surface area contributed by atoms with Crippen LogP contribution in [0.1, 0.15) is 50.9 Å². The summed E-state index contributed by atoms with van der Waals surface area (Å²) in [6.45, 7) is 6.97. The number of fused-ring (bicyclic) bond motifs is 5. The molecule has 1 saturated carbocycles. The van der Waals surface area contributed by atoms with Crippen LogP contribution in [0, 0.1) is 5.41 Å². The summed E-state index contributed by atoms with van der Waals surface area (Å²) in [6.07, 6.45) is 4.10. The van der Waals surface area contributed by atoms with Gasteiger partial charge in [0.05, 0.1) is 17.7 Å². The number of aliphatic imine (C=N–C) groups is 1. The summed E-state index contributed by atoms with van der Waals surface area (Å²) in [7, 11) is 3.85. The molecule has 2 aliphatic rings. The van der Waals surface area contributed by atoms with E-state index in [2.05, 4.69) is 40.9 Å². The lowest BCUT2D eigenvalue weighted by Gasteiger charge is -2.33. The van der Waals surface area contributed by atoms with E-state index in [9.17, 15) is 0 Å². The molecule has 0 aromatic carbocycles. The topological polar surface area (TPSA) is 54.3 Å². The van der Waals surface area contributed by atoms with Crippen LogP contribution in [0.25, 0.3) is 0 Å². The molecule has 1 aromatic heterocycles. The first kappa shape index (κ1) is 12.5. The first-order chi connectivity index (χ1) is 8.86. The summed E-state index contributed by atoms with van der Waals surface area (Å²) in [4.78, 5) is 10.8. The van der Waals surface area contributed by atoms with Crippen molar-refractivity contribution in [2.75, 3.05) is 14.1 Å². The summed E-state index contributed by atoms with van der Waals surface area (Å²) < 4.78 is 0. The van der Waals surface area contributed by atoms with Crippen LogP contribution >= 0.6 is 0 Å². The van der Waals surface area contributed by atoms with Gasteiger partial charge in [-0.25, -0.2) is 9.98 Å². The summed E-state index contributed by atoms with van der Waals surface area (Å²) in [6, 6.07) is 0. The Balaban J connectivity index is 2.05. The molecule has 2 bridgehead atoms. The second-order valence-electron chi connectivity index (χ2n) is 6.70. The zero-order chi connectivity index (χ0) is 13.8. The maximum atomic E-state index is 4.68. The van der Waals surface area contributed by atoms with Crippen molar-refractivity contribution in [3.63, 3.8) is 0 Å². The summed E-state index contributed by atoms with van der Waals surface area (Å²) in [5, 5.41) is 8.57. The SMILES string of the molecule is CN(C)/C=N/c1nnc2c(n1)[C@]1(C)CC[C@H]2C1(C)C. The summed E-state index contributed by atoms with van der Waals surface area (Å²) in [5.41, 5.74) is 2.56. The van der Waals surface area contributed by atoms with E-state index in [1.807, 2.05) is 19.0 Å². The van der Waals surface area contributed by atoms with E-state index in [4.69, 9.17) is 0 Å². The van der Waals surface area contributed by atoms with Gasteiger partial charge in [0.15, 0.2) is 0 Å². The van der Waals surface area contributed by atoms with Crippen LogP contribution in [0.5, 0.6) is 0 Å². The molecule has 0 spiro atoms. The van der Waals surface area contributed by atoms with Gasteiger partial charge in [0.2, 0.25) is 0 Å². The van der Waals surface area contributed by atoms with E-state index in [1.165, 1.54) is 12.8 Å². The van der Waals surface area contributed by atoms with Crippen LogP contribution in [0.3, 0.4) is 0 Å². The molecule has 0 radical (unpaired) electrons. The van der Waals surface area contributed by atoms with Gasteiger partial charge in [0, 0.05) is 25.4 Å². The Morgan fingerprint density at radius 1 is 1.26 bits per heavy atom. The van der Waals surface area contributed by atoms with Crippen molar-refractivity contribution in [3.8, 4) is 0 Å². The molecule has 0 unspecified atom stereocenters. The van der Waals surface area contributed by atoms with E-state index in [-0.39, 0.29) is 10.8 Å². The number of nitrogens with zero attached hydrogens (tertiary/aromatic N) is 5. The summed E-state index contributed by atoms with van der Waals surface area (Å²) in [5.74, 6) is 0.969. The monoisotopic (exact) mass is 259 g/mol. The zero-order valence-electron chi connectivity index (χ0n) is 12.3. The molecule has 1 fully saturated rings. The lowest BCUT2D eigenvalue weighted by Crippen LogP contribution is -2.32. The Kier molecular flexibility index (Phi) is 2.46. The third-order valence-corrected chi connectivity index (χ3v) is 5.18. The lowest BCUT2D eigenvalue weighted by molar-refractivity contribution is 0.227. The fourth-order valence-electron chi connectivity index (χ4n) is 3.59. The average molecular weight is 259 g/mol. The number of hydrogen-bond acceptors (Lipinski definition) is 4. The minimum absolute atomic E-state index is 0.116. The van der Waals surface area contributed by atoms with Crippen LogP contribution in [-0.2, 0) is 5.41 Å². The van der Waals surface area contributed by atoms with Crippen molar-refractivity contribution in [2.24, 2.45) is 10.4 Å². The molecule has 2 atom stereocenters. The molecule has 0 aliphatic heterocycles. The molecule has 5 nitrogen and oxygen atoms in total. The molecule has 5 heteroatoms. The van der Waals surface area contributed by atoms with Crippen LogP contribution in [0.15, 0.2) is 4.99 Å². The smallest absolute Gasteiger partial charge is 0.270 e. The van der Waals surface area contributed by atoms with Gasteiger partial charge in [-0.3, -0.25) is 0 Å². The van der Waals surface area contributed by atoms with Gasteiger partial charge in [0.25, 0.3) is 5.95 Å². The minimum Gasteiger partial charge on any atom is -0.369 e. The molecule has 2 aliphatic carbocycles. The fraction of sp³-hybridized carbons (Fsp3) is 0.714. The van der Waals surface area contributed by atoms with Crippen LogP contribution in [0.2, 0.25) is 0 Å². The highest BCUT2D eigenvalue weighted by Gasteiger charge is 2.61. The Morgan fingerprint density at radius 2 is 2.00 bits per heavy atom. The lowest BCUT2D eigenvalue weighted by atomic mass is 9.70. The molecule has 102 valence electrons. The second-order valence-corrected chi connectivity index (χ2v) is 6.70. The Morgan fingerprint density at radius 3 is 2.68 bits per heavy atom. The highest BCUT2D eigenvalue weighted by Crippen LogP contribution is 2.66. The predicted octanol–water partition coefficient (Wildman–Crippen LogP) is 2.27. The predicted molar refractivity (Wildman–Crippen MR) is 74.8 cm³/mol. The molecule has 0 amide bonds. The van der Waals surface area contributed by atoms with Gasteiger partial charge in [-0.2, -0.15) is 0 Å². The maximum absolute atomic E-state index is 4.68. The van der Waals surface area contributed by atoms with E-state index >= 15 is 0 Å². The van der Waals surface area contributed by atoms with Crippen LogP contribution < -0.4 is 0 Å². The largest absolute Gasteiger partial charge is 0.369 e. The van der Waals surface area contributed by atoms with E-state index in [0.717, 1.165) is 11.4 Å². The molecule has 19 heavy (non-hydrogen) atoms. The van der Waals surface area contributed by atoms with Crippen molar-refractivity contribution >= 4 is 12.3 Å². The first-order valence-corrected chi connectivity index (χ1v) is 6.82. The quantitative estimate of drug-likeness (QED) is 0.604. The Labute approximate surface area is 114 Å². The molecular weight excluding hydrogens is 238 g/mol. The van der Waals surface area contributed by atoms with Crippen molar-refractivity contribution < 1.29 is 0 Å². The number of hydrogen-bond donors (Lipinski definition) is 0. The van der Waals surface area contributed by atoms with Gasteiger partial charge in [0.1, 0.15) is 0 Å². The van der Waals surface area contributed by atoms with Gasteiger partial charge < -0.3 is 4.90 Å². The van der Waals surface area contributed by atoms with E-state index in [1.54, 1.807) is 6.34 Å². The van der Waals surface area contributed by atoms with Crippen molar-refractivity contribution in [2.45, 2.75) is 44.9 Å². The summed E-state index contributed by atoms with van der Waals surface area (Å²) >= 11 is 0. The Bertz CT molecular complexity index is 549. The van der Waals surface area contributed by atoms with Crippen molar-refractivity contribution in [1.82, 2.24) is 20.1 Å². The van der Waals surface area contributed by atoms with Crippen LogP contribution in [-0.4, -0.2) is 40.5 Å². The van der Waals surface area contributed by atoms with Gasteiger partial charge in [-0.15, -0.1) is 10.2 Å². The minimum atomic E-state index is 0.116. The fourth-order valence-corrected chi connectivity index (χ4v) is 3.59. The molecule has 0 N–H and O–H groups in total. The highest BCUT2D eigenvalue weighted by atomic mass is 15.2. The van der Waals surface area contributed by atoms with Gasteiger partial charge >= 0.3 is 0 Å². The Hall–Kier alpha value is -1.52. The third-order valence-electron chi connectivity index (χ3n) is 5.18. The van der Waals surface area contributed by atoms with Crippen molar-refractivity contribution in [1.29, 1.82) is 0 Å². The molecular formula is C14H21N5. The highest BCUT2D eigenvalue weighted by molar-refractivity contribution is 5.57. The normalized spacial score (nSPS) is 30.9. The van der Waals surface area contributed by atoms with E-state index in [0.29, 0.717) is 11.9 Å². The van der Waals surface area contributed by atoms with Gasteiger partial charge in [-0.05, 0) is 18.3 Å². The first-order valence-electron chi connectivity index (χ1n) is 6.82. The number of aromatic nitrogens is 3. The maximum Gasteiger partial charge on any atom is 0.270 e. The van der Waals surface area contributed by atoms with Gasteiger partial charge in [-0.1, -0.05) is 20.8 Å². The molecule has 3 rings (SSSR count). The standard InChI is InChI=1S/C14H21N5/c1-13(2)9-6-7-14(13,3)11-10(9)17-18-12(16-11)15-8-19(4)5/h8-9H,6-7H2,1-5H3/b15-8+/t9-,14+/m1/s1.